The fourth-order valence-electron chi connectivity index (χ4n) is 1.23. The van der Waals surface area contributed by atoms with E-state index >= 15 is 0 Å². The number of carbonyl (C=O) groups excluding carboxylic acids is 3. The van der Waals surface area contributed by atoms with E-state index in [1.807, 2.05) is 0 Å². The number of ether oxygens (including phenoxy) is 2. The Morgan fingerprint density at radius 1 is 1.16 bits per heavy atom. The Kier molecular flexibility index (Phi) is 7.10. The first-order valence-electron chi connectivity index (χ1n) is 5.54. The third-order valence-electron chi connectivity index (χ3n) is 2.40. The molecule has 106 valence electrons. The van der Waals surface area contributed by atoms with E-state index in [1.165, 1.54) is 13.1 Å². The van der Waals surface area contributed by atoms with Gasteiger partial charge in [-0.1, -0.05) is 6.08 Å². The zero-order chi connectivity index (χ0) is 15.0. The van der Waals surface area contributed by atoms with Crippen LogP contribution in [0.25, 0.3) is 0 Å². The van der Waals surface area contributed by atoms with E-state index in [4.69, 9.17) is 5.73 Å². The fraction of sp³-hybridized carbons (Fsp3) is 0.500. The Labute approximate surface area is 111 Å². The maximum Gasteiger partial charge on any atom is 0.327 e. The van der Waals surface area contributed by atoms with Gasteiger partial charge in [-0.05, 0) is 13.8 Å². The minimum Gasteiger partial charge on any atom is -0.468 e. The molecule has 7 heteroatoms. The number of nitrogens with zero attached hydrogens (tertiary/aromatic N) is 1. The van der Waals surface area contributed by atoms with Crippen molar-refractivity contribution in [3.63, 3.8) is 0 Å². The van der Waals surface area contributed by atoms with Crippen molar-refractivity contribution in [1.82, 2.24) is 0 Å². The molecule has 0 aromatic carbocycles. The van der Waals surface area contributed by atoms with E-state index in [1.54, 1.807) is 13.0 Å². The van der Waals surface area contributed by atoms with E-state index in [0.717, 1.165) is 14.2 Å². The summed E-state index contributed by atoms with van der Waals surface area (Å²) in [6, 6.07) is 0. The zero-order valence-corrected chi connectivity index (χ0v) is 11.4. The summed E-state index contributed by atoms with van der Waals surface area (Å²) < 4.78 is 8.82. The van der Waals surface area contributed by atoms with Crippen LogP contribution in [0.4, 0.5) is 0 Å². The Morgan fingerprint density at radius 3 is 2.00 bits per heavy atom. The highest BCUT2D eigenvalue weighted by Gasteiger charge is 2.39. The molecule has 1 unspecified atom stereocenters. The van der Waals surface area contributed by atoms with Crippen LogP contribution < -0.4 is 5.73 Å². The molecule has 0 bridgehead atoms. The minimum absolute atomic E-state index is 0.000839. The number of carbonyl (C=O) groups is 3. The number of hydrogen-bond acceptors (Lipinski definition) is 6. The second-order valence-electron chi connectivity index (χ2n) is 3.64. The van der Waals surface area contributed by atoms with Crippen molar-refractivity contribution < 1.29 is 23.9 Å². The molecule has 0 spiro atoms. The molecule has 0 aromatic heterocycles. The number of esters is 2. The maximum absolute atomic E-state index is 12.1. The van der Waals surface area contributed by atoms with Crippen LogP contribution in [0.2, 0.25) is 0 Å². The molecule has 0 aliphatic carbocycles. The van der Waals surface area contributed by atoms with Gasteiger partial charge in [0.05, 0.1) is 20.1 Å². The van der Waals surface area contributed by atoms with Crippen molar-refractivity contribution in [2.45, 2.75) is 13.8 Å². The molecule has 0 rings (SSSR count). The van der Waals surface area contributed by atoms with Gasteiger partial charge in [-0.2, -0.15) is 0 Å². The molecular weight excluding hydrogens is 252 g/mol. The summed E-state index contributed by atoms with van der Waals surface area (Å²) in [5.41, 5.74) is 5.60. The molecular formula is C12H18N2O5. The maximum atomic E-state index is 12.1. The van der Waals surface area contributed by atoms with Crippen LogP contribution in [0.3, 0.4) is 0 Å². The van der Waals surface area contributed by atoms with Crippen LogP contribution in [0.5, 0.6) is 0 Å². The molecule has 0 aromatic rings. The van der Waals surface area contributed by atoms with Gasteiger partial charge in [-0.25, -0.2) is 4.99 Å². The van der Waals surface area contributed by atoms with Gasteiger partial charge in [-0.15, -0.1) is 0 Å². The highest BCUT2D eigenvalue weighted by Crippen LogP contribution is 2.12. The van der Waals surface area contributed by atoms with Crippen molar-refractivity contribution in [2.75, 3.05) is 14.2 Å². The topological polar surface area (TPSA) is 108 Å². The first-order valence-corrected chi connectivity index (χ1v) is 5.54. The lowest BCUT2D eigenvalue weighted by Crippen LogP contribution is -2.41. The summed E-state index contributed by atoms with van der Waals surface area (Å²) in [7, 11) is 2.15. The third-order valence-corrected chi connectivity index (χ3v) is 2.40. The van der Waals surface area contributed by atoms with Crippen LogP contribution in [0.1, 0.15) is 13.8 Å². The Balaban J connectivity index is 5.20. The third kappa shape index (κ3) is 4.53. The van der Waals surface area contributed by atoms with E-state index < -0.39 is 29.6 Å². The lowest BCUT2D eigenvalue weighted by Gasteiger charge is -2.15. The van der Waals surface area contributed by atoms with Crippen molar-refractivity contribution in [3.05, 3.63) is 12.3 Å². The van der Waals surface area contributed by atoms with Crippen LogP contribution in [-0.4, -0.2) is 37.8 Å². The Morgan fingerprint density at radius 2 is 1.63 bits per heavy atom. The second-order valence-corrected chi connectivity index (χ2v) is 3.64. The molecule has 0 radical (unpaired) electrons. The normalized spacial score (nSPS) is 13.4. The molecule has 19 heavy (non-hydrogen) atoms. The highest BCUT2D eigenvalue weighted by molar-refractivity contribution is 6.20. The van der Waals surface area contributed by atoms with Gasteiger partial charge in [0.25, 0.3) is 0 Å². The number of amidine groups is 1. The van der Waals surface area contributed by atoms with Crippen LogP contribution in [0.15, 0.2) is 17.3 Å². The predicted molar refractivity (Wildman–Crippen MR) is 68.1 cm³/mol. The Bertz CT molecular complexity index is 398. The lowest BCUT2D eigenvalue weighted by atomic mass is 9.93. The number of hydrogen-bond donors (Lipinski definition) is 1. The monoisotopic (exact) mass is 270 g/mol. The number of allylic oxidation sites excluding steroid dienone is 1. The molecule has 0 saturated carbocycles. The molecule has 0 aliphatic heterocycles. The van der Waals surface area contributed by atoms with Crippen LogP contribution >= 0.6 is 0 Å². The predicted octanol–water partition coefficient (Wildman–Crippen LogP) is 0.0446. The van der Waals surface area contributed by atoms with Crippen LogP contribution in [0, 0.1) is 11.8 Å². The number of Topliss-reactive ketones (excluding diaryl/α,β-unsaturated/α-hetero) is 1. The summed E-state index contributed by atoms with van der Waals surface area (Å²) in [5, 5.41) is 0. The summed E-state index contributed by atoms with van der Waals surface area (Å²) in [4.78, 5) is 38.8. The van der Waals surface area contributed by atoms with Gasteiger partial charge >= 0.3 is 11.9 Å². The SMILES string of the molecule is C/C=C\N=C(\N)C(C)C(=O)C(C(=O)OC)C(=O)OC. The summed E-state index contributed by atoms with van der Waals surface area (Å²) in [6.07, 6.45) is 3.03. The first kappa shape index (κ1) is 16.8. The summed E-state index contributed by atoms with van der Waals surface area (Å²) >= 11 is 0. The van der Waals surface area contributed by atoms with Crippen molar-refractivity contribution in [1.29, 1.82) is 0 Å². The Hall–Kier alpha value is -2.18. The van der Waals surface area contributed by atoms with Crippen molar-refractivity contribution in [2.24, 2.45) is 22.6 Å². The van der Waals surface area contributed by atoms with Crippen LogP contribution in [-0.2, 0) is 23.9 Å². The average molecular weight is 270 g/mol. The van der Waals surface area contributed by atoms with Crippen molar-refractivity contribution >= 4 is 23.6 Å². The highest BCUT2D eigenvalue weighted by atomic mass is 16.5. The van der Waals surface area contributed by atoms with E-state index in [0.29, 0.717) is 0 Å². The van der Waals surface area contributed by atoms with Crippen molar-refractivity contribution in [3.8, 4) is 0 Å². The summed E-state index contributed by atoms with van der Waals surface area (Å²) in [5.74, 6) is -5.24. The van der Waals surface area contributed by atoms with E-state index in [9.17, 15) is 14.4 Å². The standard InChI is InChI=1S/C12H18N2O5/c1-5-6-14-10(13)7(2)9(15)8(11(16)18-3)12(17)19-4/h5-8H,1-4H3,(H2,13,14)/b6-5-. The lowest BCUT2D eigenvalue weighted by molar-refractivity contribution is -0.161. The molecule has 1 atom stereocenters. The molecule has 0 fully saturated rings. The largest absolute Gasteiger partial charge is 0.468 e. The number of nitrogens with two attached hydrogens (primary N) is 1. The van der Waals surface area contributed by atoms with Gasteiger partial charge in [0, 0.05) is 6.20 Å². The molecule has 0 saturated heterocycles. The smallest absolute Gasteiger partial charge is 0.327 e. The minimum atomic E-state index is -1.65. The summed E-state index contributed by atoms with van der Waals surface area (Å²) in [6.45, 7) is 3.18. The van der Waals surface area contributed by atoms with E-state index in [-0.39, 0.29) is 5.84 Å². The second kappa shape index (κ2) is 8.02. The number of rotatable bonds is 6. The van der Waals surface area contributed by atoms with Gasteiger partial charge in [-0.3, -0.25) is 14.4 Å². The van der Waals surface area contributed by atoms with E-state index in [2.05, 4.69) is 14.5 Å². The number of methoxy groups -OCH3 is 2. The number of ketones is 1. The van der Waals surface area contributed by atoms with Gasteiger partial charge in [0.2, 0.25) is 5.92 Å². The van der Waals surface area contributed by atoms with Gasteiger partial charge < -0.3 is 15.2 Å². The fourth-order valence-corrected chi connectivity index (χ4v) is 1.23. The molecule has 0 amide bonds. The quantitative estimate of drug-likeness (QED) is 0.316. The molecule has 2 N–H and O–H groups in total. The van der Waals surface area contributed by atoms with Gasteiger partial charge in [0.15, 0.2) is 5.78 Å². The zero-order valence-electron chi connectivity index (χ0n) is 11.4. The average Bonchev–Trinajstić information content (AvgIpc) is 2.43. The molecule has 0 heterocycles. The first-order chi connectivity index (χ1) is 8.90. The molecule has 7 nitrogen and oxygen atoms in total. The molecule has 0 aliphatic rings. The number of aliphatic imine (C=N–C) groups is 1. The van der Waals surface area contributed by atoms with Gasteiger partial charge in [0.1, 0.15) is 5.84 Å².